The standard InChI is InChI=1S/C21H24F2N2O2/c22-16-6-4-5-15(13-16)19-7-2-1-3-11-25(19)21(26)18-14-17(23)8-9-20(18)27-12-10-24/h4-6,8-9,13-14,19H,1-3,7,10-12,24H2/t19-/m1/s1. The zero-order valence-corrected chi connectivity index (χ0v) is 15.2. The lowest BCUT2D eigenvalue weighted by atomic mass is 9.99. The Morgan fingerprint density at radius 3 is 2.70 bits per heavy atom. The Kier molecular flexibility index (Phi) is 6.40. The van der Waals surface area contributed by atoms with Gasteiger partial charge in [-0.25, -0.2) is 8.78 Å². The number of nitrogens with zero attached hydrogens (tertiary/aromatic N) is 1. The van der Waals surface area contributed by atoms with E-state index in [1.807, 2.05) is 6.07 Å². The molecule has 144 valence electrons. The van der Waals surface area contributed by atoms with Crippen molar-refractivity contribution < 1.29 is 18.3 Å². The Morgan fingerprint density at radius 1 is 1.11 bits per heavy atom. The molecule has 2 aromatic carbocycles. The molecule has 1 aliphatic heterocycles. The molecule has 1 saturated heterocycles. The summed E-state index contributed by atoms with van der Waals surface area (Å²) in [5.41, 5.74) is 6.41. The molecule has 27 heavy (non-hydrogen) atoms. The van der Waals surface area contributed by atoms with Gasteiger partial charge in [-0.05, 0) is 48.7 Å². The van der Waals surface area contributed by atoms with Gasteiger partial charge in [0, 0.05) is 13.1 Å². The van der Waals surface area contributed by atoms with Gasteiger partial charge in [0.25, 0.3) is 5.91 Å². The summed E-state index contributed by atoms with van der Waals surface area (Å²) in [6.45, 7) is 1.06. The highest BCUT2D eigenvalue weighted by Crippen LogP contribution is 2.33. The first-order valence-corrected chi connectivity index (χ1v) is 9.29. The predicted molar refractivity (Wildman–Crippen MR) is 99.6 cm³/mol. The zero-order valence-electron chi connectivity index (χ0n) is 15.2. The van der Waals surface area contributed by atoms with Crippen molar-refractivity contribution in [3.63, 3.8) is 0 Å². The van der Waals surface area contributed by atoms with E-state index in [4.69, 9.17) is 10.5 Å². The van der Waals surface area contributed by atoms with Crippen molar-refractivity contribution in [2.45, 2.75) is 31.7 Å². The van der Waals surface area contributed by atoms with Crippen molar-refractivity contribution in [1.82, 2.24) is 4.90 Å². The number of nitrogens with two attached hydrogens (primary N) is 1. The molecule has 1 atom stereocenters. The molecule has 1 aliphatic rings. The topological polar surface area (TPSA) is 55.6 Å². The van der Waals surface area contributed by atoms with Crippen LogP contribution in [0.25, 0.3) is 0 Å². The summed E-state index contributed by atoms with van der Waals surface area (Å²) in [5.74, 6) is -0.829. The highest BCUT2D eigenvalue weighted by molar-refractivity contribution is 5.97. The van der Waals surface area contributed by atoms with Crippen LogP contribution in [-0.2, 0) is 0 Å². The summed E-state index contributed by atoms with van der Waals surface area (Å²) in [6.07, 6.45) is 3.54. The average Bonchev–Trinajstić information content (AvgIpc) is 2.92. The van der Waals surface area contributed by atoms with Crippen molar-refractivity contribution >= 4 is 5.91 Å². The molecule has 0 saturated carbocycles. The lowest BCUT2D eigenvalue weighted by molar-refractivity contribution is 0.0675. The van der Waals surface area contributed by atoms with Crippen molar-refractivity contribution in [2.75, 3.05) is 19.7 Å². The van der Waals surface area contributed by atoms with Crippen LogP contribution in [0.15, 0.2) is 42.5 Å². The molecule has 2 aromatic rings. The number of hydrogen-bond donors (Lipinski definition) is 1. The van der Waals surface area contributed by atoms with Gasteiger partial charge in [0.05, 0.1) is 11.6 Å². The van der Waals surface area contributed by atoms with Gasteiger partial charge in [-0.15, -0.1) is 0 Å². The van der Waals surface area contributed by atoms with Crippen LogP contribution in [0.4, 0.5) is 8.78 Å². The third-order valence-electron chi connectivity index (χ3n) is 4.79. The summed E-state index contributed by atoms with van der Waals surface area (Å²) in [4.78, 5) is 15.0. The highest BCUT2D eigenvalue weighted by atomic mass is 19.1. The second kappa shape index (κ2) is 8.95. The van der Waals surface area contributed by atoms with Gasteiger partial charge < -0.3 is 15.4 Å². The molecular weight excluding hydrogens is 350 g/mol. The summed E-state index contributed by atoms with van der Waals surface area (Å²) in [7, 11) is 0. The number of rotatable bonds is 5. The zero-order chi connectivity index (χ0) is 19.2. The molecular formula is C21H24F2N2O2. The summed E-state index contributed by atoms with van der Waals surface area (Å²) >= 11 is 0. The van der Waals surface area contributed by atoms with Gasteiger partial charge in [0.2, 0.25) is 0 Å². The molecule has 1 fully saturated rings. The number of carbonyl (C=O) groups is 1. The number of benzene rings is 2. The van der Waals surface area contributed by atoms with Crippen molar-refractivity contribution in [3.8, 4) is 5.75 Å². The fraction of sp³-hybridized carbons (Fsp3) is 0.381. The van der Waals surface area contributed by atoms with Crippen LogP contribution in [0.1, 0.15) is 47.6 Å². The Bertz CT molecular complexity index is 798. The number of hydrogen-bond acceptors (Lipinski definition) is 3. The number of amides is 1. The lowest BCUT2D eigenvalue weighted by Crippen LogP contribution is -2.35. The molecule has 6 heteroatoms. The predicted octanol–water partition coefficient (Wildman–Crippen LogP) is 4.06. The quantitative estimate of drug-likeness (QED) is 0.859. The first kappa shape index (κ1) is 19.3. The molecule has 0 bridgehead atoms. The van der Waals surface area contributed by atoms with Crippen molar-refractivity contribution in [3.05, 3.63) is 65.2 Å². The maximum atomic E-state index is 13.8. The normalized spacial score (nSPS) is 17.4. The van der Waals surface area contributed by atoms with E-state index in [0.29, 0.717) is 18.8 Å². The number of carbonyl (C=O) groups excluding carboxylic acids is 1. The summed E-state index contributed by atoms with van der Waals surface area (Å²) in [6, 6.07) is 9.99. The van der Waals surface area contributed by atoms with Gasteiger partial charge in [-0.3, -0.25) is 4.79 Å². The summed E-state index contributed by atoms with van der Waals surface area (Å²) in [5, 5.41) is 0. The average molecular weight is 374 g/mol. The second-order valence-corrected chi connectivity index (χ2v) is 6.70. The first-order valence-electron chi connectivity index (χ1n) is 9.29. The number of likely N-dealkylation sites (tertiary alicyclic amines) is 1. The van der Waals surface area contributed by atoms with E-state index >= 15 is 0 Å². The van der Waals surface area contributed by atoms with Crippen molar-refractivity contribution in [1.29, 1.82) is 0 Å². The van der Waals surface area contributed by atoms with E-state index in [1.165, 1.54) is 30.3 Å². The highest BCUT2D eigenvalue weighted by Gasteiger charge is 2.29. The molecule has 0 aromatic heterocycles. The SMILES string of the molecule is NCCOc1ccc(F)cc1C(=O)N1CCCCC[C@@H]1c1cccc(F)c1. The number of ether oxygens (including phenoxy) is 1. The molecule has 4 nitrogen and oxygen atoms in total. The molecule has 0 radical (unpaired) electrons. The monoisotopic (exact) mass is 374 g/mol. The maximum absolute atomic E-state index is 13.8. The van der Waals surface area contributed by atoms with Gasteiger partial charge in [0.1, 0.15) is 24.0 Å². The molecule has 1 heterocycles. The van der Waals surface area contributed by atoms with Crippen LogP contribution in [0.3, 0.4) is 0 Å². The maximum Gasteiger partial charge on any atom is 0.258 e. The first-order chi connectivity index (χ1) is 13.1. The largest absolute Gasteiger partial charge is 0.491 e. The van der Waals surface area contributed by atoms with E-state index in [0.717, 1.165) is 31.2 Å². The fourth-order valence-corrected chi connectivity index (χ4v) is 3.53. The van der Waals surface area contributed by atoms with E-state index < -0.39 is 5.82 Å². The minimum absolute atomic E-state index is 0.173. The van der Waals surface area contributed by atoms with Gasteiger partial charge in [-0.2, -0.15) is 0 Å². The van der Waals surface area contributed by atoms with Crippen LogP contribution in [0, 0.1) is 11.6 Å². The van der Waals surface area contributed by atoms with Crippen LogP contribution in [0.2, 0.25) is 0 Å². The van der Waals surface area contributed by atoms with Crippen LogP contribution in [0.5, 0.6) is 5.75 Å². The Balaban J connectivity index is 1.96. The Labute approximate surface area is 157 Å². The Hall–Kier alpha value is -2.47. The number of halogens is 2. The van der Waals surface area contributed by atoms with E-state index in [1.54, 1.807) is 11.0 Å². The van der Waals surface area contributed by atoms with Gasteiger partial charge in [-0.1, -0.05) is 25.0 Å². The molecule has 2 N–H and O–H groups in total. The minimum Gasteiger partial charge on any atom is -0.491 e. The van der Waals surface area contributed by atoms with Gasteiger partial charge >= 0.3 is 0 Å². The summed E-state index contributed by atoms with van der Waals surface area (Å²) < 4.78 is 33.1. The third kappa shape index (κ3) is 4.63. The molecule has 0 aliphatic carbocycles. The minimum atomic E-state index is -0.504. The van der Waals surface area contributed by atoms with Gasteiger partial charge in [0.15, 0.2) is 0 Å². The lowest BCUT2D eigenvalue weighted by Gasteiger charge is -2.31. The second-order valence-electron chi connectivity index (χ2n) is 6.70. The molecule has 0 unspecified atom stereocenters. The molecule has 0 spiro atoms. The third-order valence-corrected chi connectivity index (χ3v) is 4.79. The molecule has 1 amide bonds. The van der Waals surface area contributed by atoms with Crippen LogP contribution >= 0.6 is 0 Å². The molecule has 3 rings (SSSR count). The van der Waals surface area contributed by atoms with Crippen LogP contribution in [-0.4, -0.2) is 30.5 Å². The fourth-order valence-electron chi connectivity index (χ4n) is 3.53. The van der Waals surface area contributed by atoms with E-state index in [2.05, 4.69) is 0 Å². The Morgan fingerprint density at radius 2 is 1.93 bits per heavy atom. The smallest absolute Gasteiger partial charge is 0.258 e. The van der Waals surface area contributed by atoms with E-state index in [-0.39, 0.29) is 29.9 Å². The van der Waals surface area contributed by atoms with Crippen molar-refractivity contribution in [2.24, 2.45) is 5.73 Å². The van der Waals surface area contributed by atoms with E-state index in [9.17, 15) is 13.6 Å². The van der Waals surface area contributed by atoms with Crippen LogP contribution < -0.4 is 10.5 Å².